The SMILES string of the molecule is CCNC(=O)C(=O)NCc1csc(Br)c1. The molecule has 0 atom stereocenters. The first-order valence-electron chi connectivity index (χ1n) is 4.42. The van der Waals surface area contributed by atoms with Crippen LogP contribution in [0.15, 0.2) is 15.2 Å². The van der Waals surface area contributed by atoms with Gasteiger partial charge in [0.05, 0.1) is 3.79 Å². The van der Waals surface area contributed by atoms with E-state index in [0.29, 0.717) is 13.1 Å². The van der Waals surface area contributed by atoms with Crippen molar-refractivity contribution in [3.63, 3.8) is 0 Å². The fourth-order valence-electron chi connectivity index (χ4n) is 0.942. The van der Waals surface area contributed by atoms with E-state index in [9.17, 15) is 9.59 Å². The molecule has 0 radical (unpaired) electrons. The number of thiophene rings is 1. The molecule has 1 aromatic heterocycles. The van der Waals surface area contributed by atoms with Gasteiger partial charge in [0.15, 0.2) is 0 Å². The number of hydrogen-bond donors (Lipinski definition) is 2. The summed E-state index contributed by atoms with van der Waals surface area (Å²) < 4.78 is 1.00. The lowest BCUT2D eigenvalue weighted by Crippen LogP contribution is -2.39. The van der Waals surface area contributed by atoms with Crippen LogP contribution in [0, 0.1) is 0 Å². The van der Waals surface area contributed by atoms with Crippen molar-refractivity contribution in [2.75, 3.05) is 6.54 Å². The van der Waals surface area contributed by atoms with Gasteiger partial charge in [0.2, 0.25) is 0 Å². The lowest BCUT2D eigenvalue weighted by Gasteiger charge is -2.02. The second-order valence-corrected chi connectivity index (χ2v) is 5.09. The predicted octanol–water partition coefficient (Wildman–Crippen LogP) is 1.26. The van der Waals surface area contributed by atoms with Gasteiger partial charge in [-0.1, -0.05) is 0 Å². The van der Waals surface area contributed by atoms with Crippen LogP contribution in [-0.4, -0.2) is 18.4 Å². The van der Waals surface area contributed by atoms with E-state index in [4.69, 9.17) is 0 Å². The zero-order chi connectivity index (χ0) is 11.3. The largest absolute Gasteiger partial charge is 0.348 e. The van der Waals surface area contributed by atoms with Gasteiger partial charge in [-0.05, 0) is 39.9 Å². The Morgan fingerprint density at radius 3 is 2.60 bits per heavy atom. The van der Waals surface area contributed by atoms with Crippen molar-refractivity contribution in [3.05, 3.63) is 20.8 Å². The van der Waals surface area contributed by atoms with Gasteiger partial charge < -0.3 is 10.6 Å². The minimum atomic E-state index is -0.598. The van der Waals surface area contributed by atoms with E-state index in [-0.39, 0.29) is 0 Å². The van der Waals surface area contributed by atoms with E-state index in [1.807, 2.05) is 11.4 Å². The van der Waals surface area contributed by atoms with Crippen LogP contribution >= 0.6 is 27.3 Å². The summed E-state index contributed by atoms with van der Waals surface area (Å²) in [5.41, 5.74) is 0.976. The molecule has 1 heterocycles. The van der Waals surface area contributed by atoms with E-state index < -0.39 is 11.8 Å². The first-order chi connectivity index (χ1) is 7.13. The first-order valence-corrected chi connectivity index (χ1v) is 6.09. The quantitative estimate of drug-likeness (QED) is 0.824. The second kappa shape index (κ2) is 5.87. The predicted molar refractivity (Wildman–Crippen MR) is 62.5 cm³/mol. The van der Waals surface area contributed by atoms with Crippen LogP contribution in [0.3, 0.4) is 0 Å². The van der Waals surface area contributed by atoms with Crippen molar-refractivity contribution in [1.29, 1.82) is 0 Å². The zero-order valence-electron chi connectivity index (χ0n) is 8.17. The summed E-state index contributed by atoms with van der Waals surface area (Å²) in [6.07, 6.45) is 0. The van der Waals surface area contributed by atoms with Gasteiger partial charge in [0.25, 0.3) is 0 Å². The number of rotatable bonds is 3. The summed E-state index contributed by atoms with van der Waals surface area (Å²) in [7, 11) is 0. The number of carbonyl (C=O) groups excluding carboxylic acids is 2. The molecule has 1 aromatic rings. The molecule has 0 spiro atoms. The highest BCUT2D eigenvalue weighted by Crippen LogP contribution is 2.20. The molecule has 0 aliphatic rings. The molecule has 15 heavy (non-hydrogen) atoms. The van der Waals surface area contributed by atoms with Gasteiger partial charge in [0, 0.05) is 13.1 Å². The van der Waals surface area contributed by atoms with E-state index >= 15 is 0 Å². The number of hydrogen-bond acceptors (Lipinski definition) is 3. The summed E-state index contributed by atoms with van der Waals surface area (Å²) in [6.45, 7) is 2.59. The van der Waals surface area contributed by atoms with Gasteiger partial charge in [-0.3, -0.25) is 9.59 Å². The molecule has 0 aromatic carbocycles. The van der Waals surface area contributed by atoms with Crippen LogP contribution < -0.4 is 10.6 Å². The molecule has 0 saturated heterocycles. The highest BCUT2D eigenvalue weighted by atomic mass is 79.9. The third kappa shape index (κ3) is 4.01. The molecule has 0 bridgehead atoms. The van der Waals surface area contributed by atoms with E-state index in [0.717, 1.165) is 9.35 Å². The second-order valence-electron chi connectivity index (χ2n) is 2.80. The fourth-order valence-corrected chi connectivity index (χ4v) is 2.15. The van der Waals surface area contributed by atoms with Gasteiger partial charge in [-0.2, -0.15) is 0 Å². The Balaban J connectivity index is 2.37. The molecule has 82 valence electrons. The molecule has 2 amide bonds. The Morgan fingerprint density at radius 1 is 1.40 bits per heavy atom. The summed E-state index contributed by atoms with van der Waals surface area (Å²) in [5, 5.41) is 6.88. The van der Waals surface area contributed by atoms with Crippen LogP contribution in [0.2, 0.25) is 0 Å². The van der Waals surface area contributed by atoms with Crippen molar-refractivity contribution in [2.24, 2.45) is 0 Å². The van der Waals surface area contributed by atoms with E-state index in [2.05, 4.69) is 26.6 Å². The number of carbonyl (C=O) groups is 2. The molecular formula is C9H11BrN2O2S. The average molecular weight is 291 g/mol. The summed E-state index contributed by atoms with van der Waals surface area (Å²) in [5.74, 6) is -1.19. The normalized spacial score (nSPS) is 9.73. The summed E-state index contributed by atoms with van der Waals surface area (Å²) in [4.78, 5) is 22.2. The zero-order valence-corrected chi connectivity index (χ0v) is 10.6. The summed E-state index contributed by atoms with van der Waals surface area (Å²) in [6, 6.07) is 1.91. The van der Waals surface area contributed by atoms with E-state index in [1.165, 1.54) is 11.3 Å². The molecule has 1 rings (SSSR count). The lowest BCUT2D eigenvalue weighted by molar-refractivity contribution is -0.139. The maximum Gasteiger partial charge on any atom is 0.309 e. The molecule has 0 fully saturated rings. The molecule has 4 nitrogen and oxygen atoms in total. The minimum absolute atomic E-state index is 0.373. The van der Waals surface area contributed by atoms with Crippen molar-refractivity contribution in [3.8, 4) is 0 Å². The van der Waals surface area contributed by atoms with Gasteiger partial charge >= 0.3 is 11.8 Å². The molecule has 0 aliphatic carbocycles. The highest BCUT2D eigenvalue weighted by Gasteiger charge is 2.11. The van der Waals surface area contributed by atoms with Gasteiger partial charge in [0.1, 0.15) is 0 Å². The van der Waals surface area contributed by atoms with Crippen molar-refractivity contribution in [1.82, 2.24) is 10.6 Å². The number of nitrogens with one attached hydrogen (secondary N) is 2. The number of amides is 2. The molecule has 0 saturated carbocycles. The smallest absolute Gasteiger partial charge is 0.309 e. The monoisotopic (exact) mass is 290 g/mol. The Labute approximate surface area is 100 Å². The molecule has 2 N–H and O–H groups in total. The number of likely N-dealkylation sites (N-methyl/N-ethyl adjacent to an activating group) is 1. The topological polar surface area (TPSA) is 58.2 Å². The van der Waals surface area contributed by atoms with Gasteiger partial charge in [-0.25, -0.2) is 0 Å². The fraction of sp³-hybridized carbons (Fsp3) is 0.333. The first kappa shape index (κ1) is 12.2. The summed E-state index contributed by atoms with van der Waals surface area (Å²) >= 11 is 4.86. The Morgan fingerprint density at radius 2 is 2.07 bits per heavy atom. The minimum Gasteiger partial charge on any atom is -0.348 e. The third-order valence-electron chi connectivity index (χ3n) is 1.62. The molecule has 0 unspecified atom stereocenters. The van der Waals surface area contributed by atoms with Crippen molar-refractivity contribution < 1.29 is 9.59 Å². The maximum absolute atomic E-state index is 11.2. The van der Waals surface area contributed by atoms with Crippen molar-refractivity contribution >= 4 is 39.1 Å². The Kier molecular flexibility index (Phi) is 4.77. The van der Waals surface area contributed by atoms with Crippen LogP contribution in [0.4, 0.5) is 0 Å². The van der Waals surface area contributed by atoms with Crippen molar-refractivity contribution in [2.45, 2.75) is 13.5 Å². The standard InChI is InChI=1S/C9H11BrN2O2S/c1-2-11-8(13)9(14)12-4-6-3-7(10)15-5-6/h3,5H,2,4H2,1H3,(H,11,13)(H,12,14). The Bertz CT molecular complexity index is 365. The lowest BCUT2D eigenvalue weighted by atomic mass is 10.3. The maximum atomic E-state index is 11.2. The van der Waals surface area contributed by atoms with Gasteiger partial charge in [-0.15, -0.1) is 11.3 Å². The Hall–Kier alpha value is -0.880. The van der Waals surface area contributed by atoms with E-state index in [1.54, 1.807) is 6.92 Å². The third-order valence-corrected chi connectivity index (χ3v) is 3.17. The molecule has 0 aliphatic heterocycles. The molecular weight excluding hydrogens is 280 g/mol. The number of halogens is 1. The van der Waals surface area contributed by atoms with Crippen LogP contribution in [0.1, 0.15) is 12.5 Å². The van der Waals surface area contributed by atoms with Crippen LogP contribution in [0.5, 0.6) is 0 Å². The van der Waals surface area contributed by atoms with Crippen LogP contribution in [-0.2, 0) is 16.1 Å². The average Bonchev–Trinajstić information content (AvgIpc) is 2.61. The highest BCUT2D eigenvalue weighted by molar-refractivity contribution is 9.11. The molecule has 6 heteroatoms. The van der Waals surface area contributed by atoms with Crippen LogP contribution in [0.25, 0.3) is 0 Å².